The molecule has 2 nitrogen and oxygen atoms in total. The molecular weight excluding hydrogens is 152 g/mol. The first-order chi connectivity index (χ1) is 5.81. The average molecular weight is 166 g/mol. The van der Waals surface area contributed by atoms with Crippen LogP contribution >= 0.6 is 0 Å². The minimum absolute atomic E-state index is 0.770. The van der Waals surface area contributed by atoms with Gasteiger partial charge in [0.1, 0.15) is 12.6 Å². The van der Waals surface area contributed by atoms with E-state index in [1.165, 1.54) is 6.08 Å². The van der Waals surface area contributed by atoms with Crippen LogP contribution in [0.4, 0.5) is 0 Å². The van der Waals surface area contributed by atoms with Gasteiger partial charge in [0.05, 0.1) is 0 Å². The number of unbranched alkanes of at least 4 members (excludes halogenated alkanes) is 2. The fourth-order valence-corrected chi connectivity index (χ4v) is 0.765. The summed E-state index contributed by atoms with van der Waals surface area (Å²) in [7, 11) is 0. The summed E-state index contributed by atoms with van der Waals surface area (Å²) in [5, 5.41) is 0. The normalized spacial score (nSPS) is 11.9. The van der Waals surface area contributed by atoms with Gasteiger partial charge in [0, 0.05) is 0 Å². The Morgan fingerprint density at radius 1 is 1.25 bits per heavy atom. The minimum atomic E-state index is 0.770. The Kier molecular flexibility index (Phi) is 7.14. The van der Waals surface area contributed by atoms with Gasteiger partial charge in [0.25, 0.3) is 0 Å². The Bertz CT molecular complexity index is 190. The second kappa shape index (κ2) is 7.92. The van der Waals surface area contributed by atoms with Crippen LogP contribution in [0.2, 0.25) is 0 Å². The molecule has 66 valence electrons. The molecule has 0 rings (SSSR count). The SMILES string of the molecule is C/C(C=O)=C\CCC/C=C/C=O. The van der Waals surface area contributed by atoms with Crippen molar-refractivity contribution in [3.63, 3.8) is 0 Å². The molecular formula is C10H14O2. The fraction of sp³-hybridized carbons (Fsp3) is 0.400. The molecule has 0 amide bonds. The van der Waals surface area contributed by atoms with Crippen molar-refractivity contribution >= 4 is 12.6 Å². The van der Waals surface area contributed by atoms with Crippen molar-refractivity contribution in [3.05, 3.63) is 23.8 Å². The maximum atomic E-state index is 10.1. The predicted molar refractivity (Wildman–Crippen MR) is 48.9 cm³/mol. The van der Waals surface area contributed by atoms with Crippen molar-refractivity contribution in [3.8, 4) is 0 Å². The van der Waals surface area contributed by atoms with Gasteiger partial charge in [-0.3, -0.25) is 9.59 Å². The lowest BCUT2D eigenvalue weighted by atomic mass is 10.2. The molecule has 0 radical (unpaired) electrons. The number of carbonyl (C=O) groups excluding carboxylic acids is 2. The van der Waals surface area contributed by atoms with Crippen molar-refractivity contribution in [1.82, 2.24) is 0 Å². The first kappa shape index (κ1) is 10.8. The zero-order chi connectivity index (χ0) is 9.23. The third kappa shape index (κ3) is 6.93. The van der Waals surface area contributed by atoms with Gasteiger partial charge in [0.2, 0.25) is 0 Å². The lowest BCUT2D eigenvalue weighted by Gasteiger charge is -1.90. The molecule has 0 saturated carbocycles. The van der Waals surface area contributed by atoms with Crippen LogP contribution in [0.1, 0.15) is 26.2 Å². The van der Waals surface area contributed by atoms with E-state index < -0.39 is 0 Å². The van der Waals surface area contributed by atoms with Gasteiger partial charge < -0.3 is 0 Å². The van der Waals surface area contributed by atoms with Crippen molar-refractivity contribution < 1.29 is 9.59 Å². The number of aldehydes is 2. The Labute approximate surface area is 73.0 Å². The van der Waals surface area contributed by atoms with Crippen LogP contribution in [0.3, 0.4) is 0 Å². The van der Waals surface area contributed by atoms with Crippen LogP contribution in [0.5, 0.6) is 0 Å². The summed E-state index contributed by atoms with van der Waals surface area (Å²) in [6.07, 6.45) is 9.62. The molecule has 0 N–H and O–H groups in total. The molecule has 0 aromatic heterocycles. The molecule has 0 fully saturated rings. The third-order valence-corrected chi connectivity index (χ3v) is 1.44. The van der Waals surface area contributed by atoms with Crippen LogP contribution in [0.25, 0.3) is 0 Å². The summed E-state index contributed by atoms with van der Waals surface area (Å²) in [4.78, 5) is 20.0. The van der Waals surface area contributed by atoms with E-state index in [9.17, 15) is 9.59 Å². The first-order valence-electron chi connectivity index (χ1n) is 4.03. The summed E-state index contributed by atoms with van der Waals surface area (Å²) in [5.74, 6) is 0. The Balaban J connectivity index is 3.38. The highest BCUT2D eigenvalue weighted by Gasteiger charge is 1.84. The number of hydrogen-bond donors (Lipinski definition) is 0. The largest absolute Gasteiger partial charge is 0.299 e. The summed E-state index contributed by atoms with van der Waals surface area (Å²) >= 11 is 0. The van der Waals surface area contributed by atoms with E-state index in [0.717, 1.165) is 37.4 Å². The second-order valence-corrected chi connectivity index (χ2v) is 2.56. The standard InChI is InChI=1S/C10H14O2/c1-10(9-12)7-5-3-2-4-6-8-11/h4,6-9H,2-3,5H2,1H3/b6-4+,10-7+. The van der Waals surface area contributed by atoms with Crippen molar-refractivity contribution in [2.24, 2.45) is 0 Å². The van der Waals surface area contributed by atoms with Gasteiger partial charge in [-0.05, 0) is 37.8 Å². The van der Waals surface area contributed by atoms with Crippen molar-refractivity contribution in [2.75, 3.05) is 0 Å². The highest BCUT2D eigenvalue weighted by atomic mass is 16.1. The maximum Gasteiger partial charge on any atom is 0.145 e. The summed E-state index contributed by atoms with van der Waals surface area (Å²) in [6, 6.07) is 0. The third-order valence-electron chi connectivity index (χ3n) is 1.44. The molecule has 0 atom stereocenters. The fourth-order valence-electron chi connectivity index (χ4n) is 0.765. The quantitative estimate of drug-likeness (QED) is 0.344. The van der Waals surface area contributed by atoms with Gasteiger partial charge in [-0.15, -0.1) is 0 Å². The van der Waals surface area contributed by atoms with Crippen LogP contribution in [0.15, 0.2) is 23.8 Å². The predicted octanol–water partition coefficient (Wildman–Crippen LogP) is 2.06. The monoisotopic (exact) mass is 166 g/mol. The van der Waals surface area contributed by atoms with E-state index >= 15 is 0 Å². The molecule has 0 aliphatic rings. The number of hydrogen-bond acceptors (Lipinski definition) is 2. The Morgan fingerprint density at radius 2 is 2.00 bits per heavy atom. The van der Waals surface area contributed by atoms with Gasteiger partial charge in [-0.1, -0.05) is 12.2 Å². The van der Waals surface area contributed by atoms with Gasteiger partial charge in [-0.2, -0.15) is 0 Å². The van der Waals surface area contributed by atoms with Gasteiger partial charge in [0.15, 0.2) is 0 Å². The van der Waals surface area contributed by atoms with Crippen LogP contribution in [0, 0.1) is 0 Å². The lowest BCUT2D eigenvalue weighted by Crippen LogP contribution is -1.76. The van der Waals surface area contributed by atoms with Crippen LogP contribution in [-0.4, -0.2) is 12.6 Å². The lowest BCUT2D eigenvalue weighted by molar-refractivity contribution is -0.105. The zero-order valence-electron chi connectivity index (χ0n) is 7.32. The van der Waals surface area contributed by atoms with Crippen LogP contribution < -0.4 is 0 Å². The van der Waals surface area contributed by atoms with Crippen molar-refractivity contribution in [2.45, 2.75) is 26.2 Å². The highest BCUT2D eigenvalue weighted by molar-refractivity contribution is 5.71. The number of allylic oxidation sites excluding steroid dienone is 4. The highest BCUT2D eigenvalue weighted by Crippen LogP contribution is 1.99. The van der Waals surface area contributed by atoms with E-state index in [4.69, 9.17) is 0 Å². The molecule has 0 heterocycles. The molecule has 0 spiro atoms. The smallest absolute Gasteiger partial charge is 0.145 e. The maximum absolute atomic E-state index is 10.1. The molecule has 12 heavy (non-hydrogen) atoms. The summed E-state index contributed by atoms with van der Waals surface area (Å²) in [6.45, 7) is 1.79. The van der Waals surface area contributed by atoms with Gasteiger partial charge >= 0.3 is 0 Å². The number of rotatable bonds is 6. The van der Waals surface area contributed by atoms with E-state index in [-0.39, 0.29) is 0 Å². The molecule has 0 aromatic rings. The van der Waals surface area contributed by atoms with Crippen molar-refractivity contribution in [1.29, 1.82) is 0 Å². The Morgan fingerprint density at radius 3 is 2.58 bits per heavy atom. The van der Waals surface area contributed by atoms with Crippen LogP contribution in [-0.2, 0) is 9.59 Å². The molecule has 0 saturated heterocycles. The van der Waals surface area contributed by atoms with E-state index in [0.29, 0.717) is 0 Å². The molecule has 0 bridgehead atoms. The Hall–Kier alpha value is -1.18. The summed E-state index contributed by atoms with van der Waals surface area (Å²) < 4.78 is 0. The first-order valence-corrected chi connectivity index (χ1v) is 4.03. The topological polar surface area (TPSA) is 34.1 Å². The molecule has 0 aliphatic heterocycles. The van der Waals surface area contributed by atoms with E-state index in [1.54, 1.807) is 6.92 Å². The minimum Gasteiger partial charge on any atom is -0.299 e. The van der Waals surface area contributed by atoms with E-state index in [1.807, 2.05) is 12.2 Å². The molecule has 0 aliphatic carbocycles. The average Bonchev–Trinajstić information content (AvgIpc) is 2.10. The van der Waals surface area contributed by atoms with Gasteiger partial charge in [-0.25, -0.2) is 0 Å². The second-order valence-electron chi connectivity index (χ2n) is 2.56. The molecule has 2 heteroatoms. The summed E-state index contributed by atoms with van der Waals surface area (Å²) in [5.41, 5.74) is 0.773. The van der Waals surface area contributed by atoms with E-state index in [2.05, 4.69) is 0 Å². The molecule has 0 unspecified atom stereocenters. The number of carbonyl (C=O) groups is 2. The zero-order valence-corrected chi connectivity index (χ0v) is 7.32. The molecule has 0 aromatic carbocycles.